The smallest absolute Gasteiger partial charge is 0.254 e. The fraction of sp³-hybridized carbons (Fsp3) is 0.353. The molecule has 0 aliphatic rings. The summed E-state index contributed by atoms with van der Waals surface area (Å²) in [7, 11) is 1.54. The first-order valence-electron chi connectivity index (χ1n) is 7.47. The zero-order valence-corrected chi connectivity index (χ0v) is 14.2. The number of benzene rings is 1. The lowest BCUT2D eigenvalue weighted by Gasteiger charge is -2.35. The Balaban J connectivity index is 2.18. The summed E-state index contributed by atoms with van der Waals surface area (Å²) in [5, 5.41) is 6.22. The predicted octanol–water partition coefficient (Wildman–Crippen LogP) is 2.56. The molecule has 2 rings (SSSR count). The SMILES string of the molecule is COc1cccc(C(=O)N(CC(=O)Nc2ccon2)C(C)(C)C)c1. The number of nitrogens with zero attached hydrogens (tertiary/aromatic N) is 2. The molecule has 0 aliphatic carbocycles. The van der Waals surface area contributed by atoms with Gasteiger partial charge in [0.05, 0.1) is 7.11 Å². The average Bonchev–Trinajstić information content (AvgIpc) is 3.04. The lowest BCUT2D eigenvalue weighted by Crippen LogP contribution is -2.49. The van der Waals surface area contributed by atoms with Crippen LogP contribution in [0.15, 0.2) is 41.1 Å². The highest BCUT2D eigenvalue weighted by Crippen LogP contribution is 2.20. The van der Waals surface area contributed by atoms with Gasteiger partial charge in [-0.2, -0.15) is 0 Å². The van der Waals surface area contributed by atoms with Crippen LogP contribution in [0.2, 0.25) is 0 Å². The summed E-state index contributed by atoms with van der Waals surface area (Å²) in [6.45, 7) is 5.50. The van der Waals surface area contributed by atoms with E-state index in [1.807, 2.05) is 20.8 Å². The van der Waals surface area contributed by atoms with E-state index in [4.69, 9.17) is 4.74 Å². The Morgan fingerprint density at radius 2 is 2.04 bits per heavy atom. The second-order valence-electron chi connectivity index (χ2n) is 6.23. The summed E-state index contributed by atoms with van der Waals surface area (Å²) in [6, 6.07) is 8.37. The molecule has 0 saturated carbocycles. The molecule has 0 spiro atoms. The molecule has 2 aromatic rings. The van der Waals surface area contributed by atoms with Crippen molar-refractivity contribution in [3.8, 4) is 5.75 Å². The maximum Gasteiger partial charge on any atom is 0.254 e. The number of nitrogens with one attached hydrogen (secondary N) is 1. The Hall–Kier alpha value is -2.83. The molecule has 1 heterocycles. The maximum atomic E-state index is 12.9. The Morgan fingerprint density at radius 3 is 2.62 bits per heavy atom. The van der Waals surface area contributed by atoms with Gasteiger partial charge in [-0.1, -0.05) is 11.2 Å². The molecule has 0 radical (unpaired) electrons. The van der Waals surface area contributed by atoms with Crippen LogP contribution in [0.1, 0.15) is 31.1 Å². The lowest BCUT2D eigenvalue weighted by molar-refractivity contribution is -0.117. The van der Waals surface area contributed by atoms with Crippen molar-refractivity contribution in [1.29, 1.82) is 0 Å². The molecule has 0 bridgehead atoms. The average molecular weight is 331 g/mol. The molecule has 0 fully saturated rings. The van der Waals surface area contributed by atoms with Crippen LogP contribution in [0.25, 0.3) is 0 Å². The van der Waals surface area contributed by atoms with E-state index in [1.165, 1.54) is 24.3 Å². The second kappa shape index (κ2) is 7.16. The van der Waals surface area contributed by atoms with Crippen LogP contribution in [0.5, 0.6) is 5.75 Å². The van der Waals surface area contributed by atoms with Crippen molar-refractivity contribution < 1.29 is 18.8 Å². The van der Waals surface area contributed by atoms with Crippen LogP contribution >= 0.6 is 0 Å². The first-order valence-corrected chi connectivity index (χ1v) is 7.47. The Kier molecular flexibility index (Phi) is 5.23. The fourth-order valence-electron chi connectivity index (χ4n) is 2.13. The largest absolute Gasteiger partial charge is 0.497 e. The molecule has 0 atom stereocenters. The highest BCUT2D eigenvalue weighted by Gasteiger charge is 2.29. The normalized spacial score (nSPS) is 11.0. The van der Waals surface area contributed by atoms with Crippen molar-refractivity contribution in [2.75, 3.05) is 19.0 Å². The van der Waals surface area contributed by atoms with Crippen LogP contribution in [0, 0.1) is 0 Å². The molecular formula is C17H21N3O4. The van der Waals surface area contributed by atoms with Gasteiger partial charge in [-0.3, -0.25) is 9.59 Å². The standard InChI is InChI=1S/C17H21N3O4/c1-17(2,3)20(11-15(21)18-14-8-9-24-19-14)16(22)12-6-5-7-13(10-12)23-4/h5-10H,11H2,1-4H3,(H,18,19,21). The minimum atomic E-state index is -0.540. The monoisotopic (exact) mass is 331 g/mol. The van der Waals surface area contributed by atoms with E-state index in [2.05, 4.69) is 15.0 Å². The van der Waals surface area contributed by atoms with Gasteiger partial charge in [0.2, 0.25) is 5.91 Å². The summed E-state index contributed by atoms with van der Waals surface area (Å²) in [6.07, 6.45) is 1.36. The molecule has 1 aromatic heterocycles. The number of carbonyl (C=O) groups is 2. The molecule has 128 valence electrons. The molecule has 24 heavy (non-hydrogen) atoms. The lowest BCUT2D eigenvalue weighted by atomic mass is 10.0. The first-order chi connectivity index (χ1) is 11.3. The molecule has 0 unspecified atom stereocenters. The van der Waals surface area contributed by atoms with Gasteiger partial charge in [0.1, 0.15) is 18.6 Å². The van der Waals surface area contributed by atoms with E-state index in [-0.39, 0.29) is 18.4 Å². The van der Waals surface area contributed by atoms with Crippen LogP contribution in [-0.4, -0.2) is 41.1 Å². The summed E-state index contributed by atoms with van der Waals surface area (Å²) < 4.78 is 9.82. The Labute approximate surface area is 140 Å². The molecule has 0 aliphatic heterocycles. The highest BCUT2D eigenvalue weighted by molar-refractivity contribution is 5.99. The third-order valence-electron chi connectivity index (χ3n) is 3.38. The molecule has 7 heteroatoms. The van der Waals surface area contributed by atoms with Gasteiger partial charge in [-0.15, -0.1) is 0 Å². The van der Waals surface area contributed by atoms with Gasteiger partial charge in [-0.05, 0) is 39.0 Å². The van der Waals surface area contributed by atoms with Gasteiger partial charge < -0.3 is 19.5 Å². The van der Waals surface area contributed by atoms with E-state index in [1.54, 1.807) is 24.3 Å². The van der Waals surface area contributed by atoms with Gasteiger partial charge in [-0.25, -0.2) is 0 Å². The molecule has 7 nitrogen and oxygen atoms in total. The zero-order chi connectivity index (χ0) is 17.7. The molecule has 2 amide bonds. The first kappa shape index (κ1) is 17.5. The molecular weight excluding hydrogens is 310 g/mol. The number of methoxy groups -OCH3 is 1. The van der Waals surface area contributed by atoms with Gasteiger partial charge >= 0.3 is 0 Å². The van der Waals surface area contributed by atoms with Crippen molar-refractivity contribution in [1.82, 2.24) is 10.1 Å². The van der Waals surface area contributed by atoms with Crippen molar-refractivity contribution in [3.63, 3.8) is 0 Å². The quantitative estimate of drug-likeness (QED) is 0.910. The summed E-state index contributed by atoms with van der Waals surface area (Å²) >= 11 is 0. The number of carbonyl (C=O) groups excluding carboxylic acids is 2. The van der Waals surface area contributed by atoms with Crippen LogP contribution in [-0.2, 0) is 4.79 Å². The minimum absolute atomic E-state index is 0.105. The van der Waals surface area contributed by atoms with E-state index in [9.17, 15) is 9.59 Å². The number of hydrogen-bond acceptors (Lipinski definition) is 5. The van der Waals surface area contributed by atoms with Crippen molar-refractivity contribution >= 4 is 17.6 Å². The summed E-state index contributed by atoms with van der Waals surface area (Å²) in [5.74, 6) is 0.288. The van der Waals surface area contributed by atoms with E-state index in [0.717, 1.165) is 0 Å². The highest BCUT2D eigenvalue weighted by atomic mass is 16.5. The van der Waals surface area contributed by atoms with Crippen molar-refractivity contribution in [3.05, 3.63) is 42.2 Å². The zero-order valence-electron chi connectivity index (χ0n) is 14.2. The van der Waals surface area contributed by atoms with Gasteiger partial charge in [0, 0.05) is 17.2 Å². The number of rotatable bonds is 5. The topological polar surface area (TPSA) is 84.7 Å². The Morgan fingerprint density at radius 1 is 1.29 bits per heavy atom. The summed E-state index contributed by atoms with van der Waals surface area (Å²) in [4.78, 5) is 26.6. The predicted molar refractivity (Wildman–Crippen MR) is 88.9 cm³/mol. The molecule has 1 aromatic carbocycles. The summed E-state index contributed by atoms with van der Waals surface area (Å²) in [5.41, 5.74) is -0.0834. The number of anilines is 1. The molecule has 1 N–H and O–H groups in total. The number of hydrogen-bond donors (Lipinski definition) is 1. The van der Waals surface area contributed by atoms with Crippen LogP contribution in [0.4, 0.5) is 5.82 Å². The third kappa shape index (κ3) is 4.34. The van der Waals surface area contributed by atoms with Gasteiger partial charge in [0.25, 0.3) is 5.91 Å². The van der Waals surface area contributed by atoms with E-state index >= 15 is 0 Å². The number of amides is 2. The van der Waals surface area contributed by atoms with Crippen LogP contribution in [0.3, 0.4) is 0 Å². The second-order valence-corrected chi connectivity index (χ2v) is 6.23. The Bertz CT molecular complexity index is 705. The van der Waals surface area contributed by atoms with Crippen LogP contribution < -0.4 is 10.1 Å². The van der Waals surface area contributed by atoms with E-state index < -0.39 is 5.54 Å². The van der Waals surface area contributed by atoms with Gasteiger partial charge in [0.15, 0.2) is 5.82 Å². The number of aromatic nitrogens is 1. The number of ether oxygens (including phenoxy) is 1. The fourth-order valence-corrected chi connectivity index (χ4v) is 2.13. The van der Waals surface area contributed by atoms with E-state index in [0.29, 0.717) is 17.1 Å². The third-order valence-corrected chi connectivity index (χ3v) is 3.38. The maximum absolute atomic E-state index is 12.9. The minimum Gasteiger partial charge on any atom is -0.497 e. The van der Waals surface area contributed by atoms with Crippen molar-refractivity contribution in [2.24, 2.45) is 0 Å². The van der Waals surface area contributed by atoms with Crippen molar-refractivity contribution in [2.45, 2.75) is 26.3 Å². The molecule has 0 saturated heterocycles.